The monoisotopic (exact) mass is 376 g/mol. The molecule has 0 bridgehead atoms. The highest BCUT2D eigenvalue weighted by atomic mass is 79.9. The molecule has 7 nitrogen and oxygen atoms in total. The molecule has 1 aliphatic rings. The molecular weight excluding hydrogens is 363 g/mol. The van der Waals surface area contributed by atoms with Crippen molar-refractivity contribution in [3.05, 3.63) is 32.8 Å². The average molecular weight is 377 g/mol. The maximum absolute atomic E-state index is 13.0. The van der Waals surface area contributed by atoms with E-state index in [-0.39, 0.29) is 35.4 Å². The molecule has 0 saturated carbocycles. The Morgan fingerprint density at radius 3 is 2.74 bits per heavy atom. The molecule has 2 aromatic rings. The number of fused-ring (bicyclic) bond motifs is 1. The van der Waals surface area contributed by atoms with Crippen molar-refractivity contribution < 1.29 is 9.59 Å². The van der Waals surface area contributed by atoms with E-state index in [9.17, 15) is 14.4 Å². The standard InChI is InChI=1S/C14H14BBrN4O3/c1-6-18-9-5-7(16)4-8(17)11(9)12(22)20(6)14(15)3-2-10(21)19-13(14)23/h4-5H,2-3,15,17H2,1H3,(H,19,21,23)/t14-/m1/s1. The van der Waals surface area contributed by atoms with Gasteiger partial charge in [0.2, 0.25) is 11.8 Å². The lowest BCUT2D eigenvalue weighted by atomic mass is 9.71. The number of halogens is 1. The Bertz CT molecular complexity index is 926. The fourth-order valence-electron chi connectivity index (χ4n) is 3.01. The van der Waals surface area contributed by atoms with Gasteiger partial charge in [0.15, 0.2) is 0 Å². The summed E-state index contributed by atoms with van der Waals surface area (Å²) >= 11 is 3.32. The van der Waals surface area contributed by atoms with Crippen molar-refractivity contribution >= 4 is 52.2 Å². The number of carbonyl (C=O) groups excluding carboxylic acids is 2. The van der Waals surface area contributed by atoms with Crippen LogP contribution in [0.1, 0.15) is 18.7 Å². The second-order valence-electron chi connectivity index (χ2n) is 5.84. The largest absolute Gasteiger partial charge is 0.398 e. The minimum atomic E-state index is -1.17. The van der Waals surface area contributed by atoms with Gasteiger partial charge in [0.05, 0.1) is 16.3 Å². The fourth-order valence-corrected chi connectivity index (χ4v) is 3.47. The van der Waals surface area contributed by atoms with E-state index in [0.717, 1.165) is 4.47 Å². The van der Waals surface area contributed by atoms with E-state index in [2.05, 4.69) is 26.2 Å². The molecule has 1 aromatic heterocycles. The first-order valence-corrected chi connectivity index (χ1v) is 7.86. The number of nitrogens with two attached hydrogens (primary N) is 1. The summed E-state index contributed by atoms with van der Waals surface area (Å²) in [6.45, 7) is 1.66. The van der Waals surface area contributed by atoms with E-state index in [1.807, 2.05) is 0 Å². The maximum Gasteiger partial charge on any atom is 0.263 e. The number of benzene rings is 1. The summed E-state index contributed by atoms with van der Waals surface area (Å²) in [6, 6.07) is 3.33. The molecule has 0 unspecified atom stereocenters. The number of hydrogen-bond acceptors (Lipinski definition) is 5. The molecule has 9 heteroatoms. The molecule has 0 radical (unpaired) electrons. The number of aryl methyl sites for hydroxylation is 1. The maximum atomic E-state index is 13.0. The molecule has 1 aromatic carbocycles. The molecule has 0 spiro atoms. The number of nitrogen functional groups attached to an aromatic ring is 1. The molecule has 2 heterocycles. The van der Waals surface area contributed by atoms with Crippen LogP contribution >= 0.6 is 15.9 Å². The summed E-state index contributed by atoms with van der Waals surface area (Å²) in [5.41, 5.74) is 5.17. The highest BCUT2D eigenvalue weighted by molar-refractivity contribution is 9.10. The smallest absolute Gasteiger partial charge is 0.263 e. The molecule has 1 atom stereocenters. The van der Waals surface area contributed by atoms with Crippen molar-refractivity contribution in [2.75, 3.05) is 5.73 Å². The van der Waals surface area contributed by atoms with Crippen molar-refractivity contribution in [3.63, 3.8) is 0 Å². The minimum Gasteiger partial charge on any atom is -0.398 e. The zero-order chi connectivity index (χ0) is 16.9. The number of rotatable bonds is 1. The van der Waals surface area contributed by atoms with Crippen LogP contribution in [0.2, 0.25) is 0 Å². The van der Waals surface area contributed by atoms with Gasteiger partial charge in [-0.3, -0.25) is 24.3 Å². The number of nitrogens with zero attached hydrogens (tertiary/aromatic N) is 2. The predicted octanol–water partition coefficient (Wildman–Crippen LogP) is -0.228. The Morgan fingerprint density at radius 1 is 1.39 bits per heavy atom. The van der Waals surface area contributed by atoms with Gasteiger partial charge in [0, 0.05) is 16.6 Å². The summed E-state index contributed by atoms with van der Waals surface area (Å²) in [5.74, 6) is -0.446. The van der Waals surface area contributed by atoms with Gasteiger partial charge in [-0.05, 0) is 25.5 Å². The summed E-state index contributed by atoms with van der Waals surface area (Å²) in [5, 5.41) is 2.56. The lowest BCUT2D eigenvalue weighted by Crippen LogP contribution is -2.58. The van der Waals surface area contributed by atoms with Gasteiger partial charge in [-0.25, -0.2) is 4.98 Å². The van der Waals surface area contributed by atoms with Crippen molar-refractivity contribution in [3.8, 4) is 0 Å². The summed E-state index contributed by atoms with van der Waals surface area (Å²) < 4.78 is 2.06. The lowest BCUT2D eigenvalue weighted by molar-refractivity contribution is -0.137. The molecule has 1 aliphatic heterocycles. The van der Waals surface area contributed by atoms with Gasteiger partial charge in [0.25, 0.3) is 5.56 Å². The minimum absolute atomic E-state index is 0.169. The first-order chi connectivity index (χ1) is 10.7. The van der Waals surface area contributed by atoms with Crippen LogP contribution in [0.4, 0.5) is 5.69 Å². The van der Waals surface area contributed by atoms with Gasteiger partial charge in [-0.1, -0.05) is 15.9 Å². The quantitative estimate of drug-likeness (QED) is 0.406. The highest BCUT2D eigenvalue weighted by Crippen LogP contribution is 2.27. The highest BCUT2D eigenvalue weighted by Gasteiger charge is 2.41. The number of amides is 2. The average Bonchev–Trinajstić information content (AvgIpc) is 2.42. The lowest BCUT2D eigenvalue weighted by Gasteiger charge is -2.35. The third kappa shape index (κ3) is 2.35. The van der Waals surface area contributed by atoms with E-state index in [4.69, 9.17) is 5.73 Å². The number of anilines is 1. The van der Waals surface area contributed by atoms with Crippen LogP contribution in [0.25, 0.3) is 10.9 Å². The molecule has 3 rings (SSSR count). The van der Waals surface area contributed by atoms with Crippen LogP contribution in [0.5, 0.6) is 0 Å². The van der Waals surface area contributed by atoms with Gasteiger partial charge >= 0.3 is 0 Å². The van der Waals surface area contributed by atoms with E-state index >= 15 is 0 Å². The Morgan fingerprint density at radius 2 is 2.09 bits per heavy atom. The van der Waals surface area contributed by atoms with Crippen molar-refractivity contribution in [2.45, 2.75) is 25.2 Å². The van der Waals surface area contributed by atoms with Gasteiger partial charge in [-0.2, -0.15) is 0 Å². The molecule has 118 valence electrons. The van der Waals surface area contributed by atoms with Crippen LogP contribution in [-0.4, -0.2) is 29.2 Å². The Hall–Kier alpha value is -2.16. The normalized spacial score (nSPS) is 21.5. The third-order valence-corrected chi connectivity index (χ3v) is 4.67. The number of imide groups is 1. The number of hydrogen-bond donors (Lipinski definition) is 2. The number of carbonyl (C=O) groups is 2. The molecular formula is C14H14BBrN4O3. The predicted molar refractivity (Wildman–Crippen MR) is 91.8 cm³/mol. The Labute approximate surface area is 140 Å². The molecule has 3 N–H and O–H groups in total. The second kappa shape index (κ2) is 5.19. The van der Waals surface area contributed by atoms with Gasteiger partial charge in [-0.15, -0.1) is 0 Å². The van der Waals surface area contributed by atoms with Crippen molar-refractivity contribution in [1.82, 2.24) is 14.9 Å². The fraction of sp³-hybridized carbons (Fsp3) is 0.286. The molecule has 0 aliphatic carbocycles. The second-order valence-corrected chi connectivity index (χ2v) is 6.76. The summed E-state index contributed by atoms with van der Waals surface area (Å²) in [6.07, 6.45) is 0.407. The zero-order valence-corrected chi connectivity index (χ0v) is 14.2. The van der Waals surface area contributed by atoms with E-state index < -0.39 is 11.3 Å². The molecule has 23 heavy (non-hydrogen) atoms. The van der Waals surface area contributed by atoms with E-state index in [0.29, 0.717) is 11.3 Å². The van der Waals surface area contributed by atoms with Crippen LogP contribution in [0.15, 0.2) is 21.4 Å². The first kappa shape index (κ1) is 15.7. The van der Waals surface area contributed by atoms with Gasteiger partial charge in [0.1, 0.15) is 13.7 Å². The van der Waals surface area contributed by atoms with E-state index in [1.54, 1.807) is 26.9 Å². The van der Waals surface area contributed by atoms with E-state index in [1.165, 1.54) is 4.57 Å². The third-order valence-electron chi connectivity index (χ3n) is 4.21. The van der Waals surface area contributed by atoms with Crippen molar-refractivity contribution in [2.24, 2.45) is 0 Å². The van der Waals surface area contributed by atoms with Crippen LogP contribution < -0.4 is 16.6 Å². The van der Waals surface area contributed by atoms with Crippen LogP contribution in [0.3, 0.4) is 0 Å². The SMILES string of the molecule is B[C@@]1(n2c(C)nc3cc(Br)cc(N)c3c2=O)CCC(=O)NC1=O. The zero-order valence-electron chi connectivity index (χ0n) is 12.6. The molecule has 1 saturated heterocycles. The molecule has 2 amide bonds. The summed E-state index contributed by atoms with van der Waals surface area (Å²) in [4.78, 5) is 41.2. The first-order valence-electron chi connectivity index (χ1n) is 7.07. The summed E-state index contributed by atoms with van der Waals surface area (Å²) in [7, 11) is 1.63. The van der Waals surface area contributed by atoms with Gasteiger partial charge < -0.3 is 5.73 Å². The Kier molecular flexibility index (Phi) is 3.55. The Balaban J connectivity index is 2.33. The number of aromatic nitrogens is 2. The topological polar surface area (TPSA) is 107 Å². The van der Waals surface area contributed by atoms with Crippen LogP contribution in [0, 0.1) is 6.92 Å². The molecule has 1 fully saturated rings. The van der Waals surface area contributed by atoms with Crippen LogP contribution in [-0.2, 0) is 15.0 Å². The number of nitrogens with one attached hydrogen (secondary N) is 1. The number of piperidine rings is 1. The van der Waals surface area contributed by atoms with Crippen molar-refractivity contribution in [1.29, 1.82) is 0 Å².